The predicted octanol–water partition coefficient (Wildman–Crippen LogP) is 4.56. The second-order valence-corrected chi connectivity index (χ2v) is 8.91. The Balaban J connectivity index is 1.27. The minimum Gasteiger partial charge on any atom is -0.422 e. The Morgan fingerprint density at radius 3 is 2.12 bits per heavy atom. The zero-order valence-electron chi connectivity index (χ0n) is 21.1. The first-order chi connectivity index (χ1) is 19.5. The number of hydrogen-bond donors (Lipinski definition) is 2. The number of amides is 1. The lowest BCUT2D eigenvalue weighted by atomic mass is 9.80. The number of carbonyl (C=O) groups is 2. The lowest BCUT2D eigenvalue weighted by molar-refractivity contribution is -0.384. The average molecular weight is 534 g/mol. The number of nitrogens with zero attached hydrogens (tertiary/aromatic N) is 3. The summed E-state index contributed by atoms with van der Waals surface area (Å²) in [6.45, 7) is 0. The smallest absolute Gasteiger partial charge is 0.343 e. The van der Waals surface area contributed by atoms with Gasteiger partial charge in [-0.05, 0) is 35.4 Å². The fraction of sp³-hybridized carbons (Fsp3) is 0.0667. The molecule has 1 amide bonds. The maximum absolute atomic E-state index is 13.0. The van der Waals surface area contributed by atoms with Crippen LogP contribution in [0.15, 0.2) is 119 Å². The summed E-state index contributed by atoms with van der Waals surface area (Å²) >= 11 is 0. The highest BCUT2D eigenvalue weighted by Gasteiger charge is 2.41. The number of nitrogens with one attached hydrogen (secondary N) is 2. The Hall–Kier alpha value is -5.64. The van der Waals surface area contributed by atoms with Gasteiger partial charge in [0.15, 0.2) is 0 Å². The zero-order chi connectivity index (χ0) is 28.0. The maximum atomic E-state index is 13.0. The van der Waals surface area contributed by atoms with Crippen molar-refractivity contribution in [3.05, 3.63) is 142 Å². The molecule has 0 unspecified atom stereocenters. The summed E-state index contributed by atoms with van der Waals surface area (Å²) < 4.78 is 5.47. The molecule has 4 aromatic rings. The summed E-state index contributed by atoms with van der Waals surface area (Å²) in [5.41, 5.74) is 7.66. The topological polar surface area (TPSA) is 135 Å². The van der Waals surface area contributed by atoms with Crippen LogP contribution in [0.3, 0.4) is 0 Å². The largest absolute Gasteiger partial charge is 0.422 e. The summed E-state index contributed by atoms with van der Waals surface area (Å²) in [7, 11) is 0. The van der Waals surface area contributed by atoms with Gasteiger partial charge in [0.1, 0.15) is 17.0 Å². The molecule has 0 atom stereocenters. The summed E-state index contributed by atoms with van der Waals surface area (Å²) in [5.74, 6) is -0.960. The third-order valence-corrected chi connectivity index (χ3v) is 6.41. The Bertz CT molecular complexity index is 1560. The van der Waals surface area contributed by atoms with Gasteiger partial charge in [-0.15, -0.1) is 0 Å². The predicted molar refractivity (Wildman–Crippen MR) is 149 cm³/mol. The van der Waals surface area contributed by atoms with Crippen molar-refractivity contribution in [3.63, 3.8) is 0 Å². The van der Waals surface area contributed by atoms with Crippen LogP contribution in [0.1, 0.15) is 33.5 Å². The van der Waals surface area contributed by atoms with Crippen molar-refractivity contribution in [1.82, 2.24) is 10.9 Å². The maximum Gasteiger partial charge on any atom is 0.343 e. The van der Waals surface area contributed by atoms with Crippen molar-refractivity contribution in [1.29, 1.82) is 0 Å². The third kappa shape index (κ3) is 5.46. The number of esters is 1. The fourth-order valence-corrected chi connectivity index (χ4v) is 4.35. The van der Waals surface area contributed by atoms with Crippen LogP contribution in [0.4, 0.5) is 5.69 Å². The Labute approximate surface area is 229 Å². The highest BCUT2D eigenvalue weighted by molar-refractivity contribution is 6.39. The molecular weight excluding hydrogens is 510 g/mol. The van der Waals surface area contributed by atoms with E-state index in [0.29, 0.717) is 12.0 Å². The number of para-hydroxylation sites is 1. The van der Waals surface area contributed by atoms with E-state index in [1.165, 1.54) is 30.5 Å². The lowest BCUT2D eigenvalue weighted by Crippen LogP contribution is -2.38. The van der Waals surface area contributed by atoms with Gasteiger partial charge in [-0.3, -0.25) is 20.3 Å². The molecule has 4 aromatic carbocycles. The number of hydrogen-bond acceptors (Lipinski definition) is 8. The van der Waals surface area contributed by atoms with Gasteiger partial charge in [0.25, 0.3) is 11.6 Å². The van der Waals surface area contributed by atoms with Crippen molar-refractivity contribution >= 4 is 29.5 Å². The standard InChI is InChI=1S/C30H23N5O5/c36-28(26-19-30(34-32-26,23-10-3-1-4-11-23)24-12-5-2-6-13-24)33-31-20-22-9-7-8-14-27(22)40-29(37)21-15-17-25(18-16-21)35(38)39/h1-18,20,34H,19H2,(H,33,36)/b31-20+. The Kier molecular flexibility index (Phi) is 7.41. The lowest BCUT2D eigenvalue weighted by Gasteiger charge is -2.30. The molecular formula is C30H23N5O5. The minimum absolute atomic E-state index is 0.133. The van der Waals surface area contributed by atoms with Crippen LogP contribution in [-0.2, 0) is 10.3 Å². The first kappa shape index (κ1) is 26.0. The van der Waals surface area contributed by atoms with Gasteiger partial charge in [-0.25, -0.2) is 10.2 Å². The second-order valence-electron chi connectivity index (χ2n) is 8.91. The first-order valence-electron chi connectivity index (χ1n) is 12.3. The van der Waals surface area contributed by atoms with Crippen molar-refractivity contribution in [3.8, 4) is 5.75 Å². The Morgan fingerprint density at radius 1 is 0.900 bits per heavy atom. The molecule has 1 heterocycles. The van der Waals surface area contributed by atoms with Gasteiger partial charge < -0.3 is 4.74 Å². The summed E-state index contributed by atoms with van der Waals surface area (Å²) in [6, 6.07) is 31.3. The van der Waals surface area contributed by atoms with E-state index in [2.05, 4.69) is 21.1 Å². The van der Waals surface area contributed by atoms with Crippen LogP contribution < -0.4 is 15.6 Å². The van der Waals surface area contributed by atoms with E-state index in [9.17, 15) is 19.7 Å². The molecule has 198 valence electrons. The SMILES string of the molecule is O=C(N/N=C/c1ccccc1OC(=O)c1ccc([N+](=O)[O-])cc1)C1=NNC(c2ccccc2)(c2ccccc2)C1. The molecule has 2 N–H and O–H groups in total. The number of carbonyl (C=O) groups excluding carboxylic acids is 2. The number of nitro benzene ring substituents is 1. The molecule has 0 aliphatic carbocycles. The fourth-order valence-electron chi connectivity index (χ4n) is 4.35. The molecule has 1 aliphatic rings. The van der Waals surface area contributed by atoms with Crippen LogP contribution in [0.5, 0.6) is 5.75 Å². The van der Waals surface area contributed by atoms with Crippen LogP contribution in [0, 0.1) is 10.1 Å². The highest BCUT2D eigenvalue weighted by Crippen LogP contribution is 2.36. The van der Waals surface area contributed by atoms with Gasteiger partial charge in [0.2, 0.25) is 0 Å². The summed E-state index contributed by atoms with van der Waals surface area (Å²) in [4.78, 5) is 35.8. The molecule has 0 saturated carbocycles. The number of rotatable bonds is 8. The van der Waals surface area contributed by atoms with Crippen LogP contribution >= 0.6 is 0 Å². The van der Waals surface area contributed by atoms with Crippen molar-refractivity contribution in [2.45, 2.75) is 12.0 Å². The molecule has 0 aromatic heterocycles. The monoisotopic (exact) mass is 533 g/mol. The number of nitro groups is 1. The van der Waals surface area contributed by atoms with E-state index < -0.39 is 22.3 Å². The molecule has 10 heteroatoms. The van der Waals surface area contributed by atoms with Crippen molar-refractivity contribution in [2.24, 2.45) is 10.2 Å². The van der Waals surface area contributed by atoms with Crippen LogP contribution in [0.25, 0.3) is 0 Å². The third-order valence-electron chi connectivity index (χ3n) is 6.41. The van der Waals surface area contributed by atoms with Gasteiger partial charge >= 0.3 is 5.97 Å². The molecule has 5 rings (SSSR count). The number of hydrazone groups is 2. The molecule has 1 aliphatic heterocycles. The molecule has 0 bridgehead atoms. The number of non-ortho nitro benzene ring substituents is 1. The zero-order valence-corrected chi connectivity index (χ0v) is 21.1. The molecule has 0 saturated heterocycles. The van der Waals surface area contributed by atoms with E-state index in [1.807, 2.05) is 60.7 Å². The summed E-state index contributed by atoms with van der Waals surface area (Å²) in [6.07, 6.45) is 1.67. The second kappa shape index (κ2) is 11.4. The summed E-state index contributed by atoms with van der Waals surface area (Å²) in [5, 5.41) is 19.2. The molecule has 40 heavy (non-hydrogen) atoms. The van der Waals surface area contributed by atoms with E-state index >= 15 is 0 Å². The van der Waals surface area contributed by atoms with Gasteiger partial charge in [0.05, 0.1) is 16.7 Å². The first-order valence-corrected chi connectivity index (χ1v) is 12.3. The normalized spacial score (nSPS) is 13.8. The van der Waals surface area contributed by atoms with Crippen LogP contribution in [0.2, 0.25) is 0 Å². The quantitative estimate of drug-likeness (QED) is 0.112. The van der Waals surface area contributed by atoms with E-state index in [-0.39, 0.29) is 22.7 Å². The number of ether oxygens (including phenoxy) is 1. The number of benzene rings is 4. The van der Waals surface area contributed by atoms with E-state index in [1.54, 1.807) is 24.3 Å². The van der Waals surface area contributed by atoms with Gasteiger partial charge in [0, 0.05) is 24.1 Å². The van der Waals surface area contributed by atoms with E-state index in [4.69, 9.17) is 4.74 Å². The van der Waals surface area contributed by atoms with E-state index in [0.717, 1.165) is 11.1 Å². The molecule has 0 radical (unpaired) electrons. The molecule has 0 fully saturated rings. The average Bonchev–Trinajstić information content (AvgIpc) is 3.46. The minimum atomic E-state index is -0.697. The van der Waals surface area contributed by atoms with Gasteiger partial charge in [-0.2, -0.15) is 10.2 Å². The van der Waals surface area contributed by atoms with Crippen LogP contribution in [-0.4, -0.2) is 28.7 Å². The van der Waals surface area contributed by atoms with Crippen molar-refractivity contribution in [2.75, 3.05) is 0 Å². The highest BCUT2D eigenvalue weighted by atomic mass is 16.6. The molecule has 0 spiro atoms. The van der Waals surface area contributed by atoms with Gasteiger partial charge in [-0.1, -0.05) is 72.8 Å². The molecule has 10 nitrogen and oxygen atoms in total. The Morgan fingerprint density at radius 2 is 1.50 bits per heavy atom. The van der Waals surface area contributed by atoms with Crippen molar-refractivity contribution < 1.29 is 19.2 Å².